The van der Waals surface area contributed by atoms with Crippen molar-refractivity contribution in [2.24, 2.45) is 0 Å². The molecule has 2 atom stereocenters. The molecule has 3 amide bonds. The Kier molecular flexibility index (Phi) is 9.98. The lowest BCUT2D eigenvalue weighted by molar-refractivity contribution is -0.128. The van der Waals surface area contributed by atoms with Gasteiger partial charge in [-0.15, -0.1) is 0 Å². The van der Waals surface area contributed by atoms with Crippen molar-refractivity contribution in [1.29, 1.82) is 0 Å². The van der Waals surface area contributed by atoms with Gasteiger partial charge >= 0.3 is 0 Å². The van der Waals surface area contributed by atoms with E-state index in [9.17, 15) is 14.4 Å². The first-order valence-corrected chi connectivity index (χ1v) is 14.3. The number of nitrogens with zero attached hydrogens (tertiary/aromatic N) is 2. The predicted molar refractivity (Wildman–Crippen MR) is 152 cm³/mol. The highest BCUT2D eigenvalue weighted by molar-refractivity contribution is 6.02. The lowest BCUT2D eigenvalue weighted by Crippen LogP contribution is -2.52. The van der Waals surface area contributed by atoms with Gasteiger partial charge in [0.2, 0.25) is 11.8 Å². The SMILES string of the molecule is CCN(CC)CCNC(=O)CNC(=O)C1c2ccccc2C(=O)N(C2CCCCC2)C1c1ccc(OC)cc1. The zero-order valence-electron chi connectivity index (χ0n) is 23.4. The van der Waals surface area contributed by atoms with Crippen LogP contribution in [0.1, 0.15) is 79.4 Å². The van der Waals surface area contributed by atoms with E-state index in [0.717, 1.165) is 57.3 Å². The van der Waals surface area contributed by atoms with Gasteiger partial charge in [0.25, 0.3) is 5.91 Å². The molecule has 1 heterocycles. The van der Waals surface area contributed by atoms with Gasteiger partial charge in [-0.2, -0.15) is 0 Å². The molecule has 0 bridgehead atoms. The van der Waals surface area contributed by atoms with Crippen molar-refractivity contribution in [3.05, 3.63) is 65.2 Å². The summed E-state index contributed by atoms with van der Waals surface area (Å²) in [7, 11) is 1.62. The Balaban J connectivity index is 1.62. The highest BCUT2D eigenvalue weighted by Gasteiger charge is 2.46. The molecule has 0 aromatic heterocycles. The molecule has 8 nitrogen and oxygen atoms in total. The molecule has 2 unspecified atom stereocenters. The van der Waals surface area contributed by atoms with Crippen molar-refractivity contribution in [3.8, 4) is 5.75 Å². The molecule has 2 aromatic carbocycles. The summed E-state index contributed by atoms with van der Waals surface area (Å²) in [6.45, 7) is 7.22. The molecule has 8 heteroatoms. The molecule has 4 rings (SSSR count). The second-order valence-electron chi connectivity index (χ2n) is 10.4. The normalized spacial score (nSPS) is 19.5. The third-order valence-electron chi connectivity index (χ3n) is 8.15. The lowest BCUT2D eigenvalue weighted by Gasteiger charge is -2.46. The summed E-state index contributed by atoms with van der Waals surface area (Å²) >= 11 is 0. The van der Waals surface area contributed by atoms with E-state index in [1.165, 1.54) is 0 Å². The number of rotatable bonds is 11. The Morgan fingerprint density at radius 2 is 1.67 bits per heavy atom. The number of benzene rings is 2. The minimum atomic E-state index is -0.641. The fraction of sp³-hybridized carbons (Fsp3) is 0.516. The molecule has 1 aliphatic heterocycles. The molecule has 1 saturated carbocycles. The first kappa shape index (κ1) is 28.6. The largest absolute Gasteiger partial charge is 0.497 e. The fourth-order valence-corrected chi connectivity index (χ4v) is 5.98. The third kappa shape index (κ3) is 6.61. The number of hydrogen-bond donors (Lipinski definition) is 2. The number of carbonyl (C=O) groups excluding carboxylic acids is 3. The summed E-state index contributed by atoms with van der Waals surface area (Å²) in [5, 5.41) is 5.80. The van der Waals surface area contributed by atoms with Crippen molar-refractivity contribution >= 4 is 17.7 Å². The zero-order valence-corrected chi connectivity index (χ0v) is 23.4. The van der Waals surface area contributed by atoms with Crippen molar-refractivity contribution < 1.29 is 19.1 Å². The van der Waals surface area contributed by atoms with E-state index >= 15 is 0 Å². The van der Waals surface area contributed by atoms with Gasteiger partial charge < -0.3 is 25.2 Å². The highest BCUT2D eigenvalue weighted by atomic mass is 16.5. The Labute approximate surface area is 232 Å². The van der Waals surface area contributed by atoms with E-state index in [-0.39, 0.29) is 30.3 Å². The first-order valence-electron chi connectivity index (χ1n) is 14.3. The van der Waals surface area contributed by atoms with Crippen molar-refractivity contribution in [2.45, 2.75) is 64.0 Å². The standard InChI is InChI=1S/C31H42N4O4/c1-4-34(5-2)20-19-32-27(36)21-33-30(37)28-25-13-9-10-14-26(25)31(38)35(23-11-7-6-8-12-23)29(28)22-15-17-24(39-3)18-16-22/h9-10,13-18,23,28-29H,4-8,11-12,19-21H2,1-3H3,(H,32,36)(H,33,37). The van der Waals surface area contributed by atoms with Crippen LogP contribution in [0.25, 0.3) is 0 Å². The van der Waals surface area contributed by atoms with E-state index in [0.29, 0.717) is 23.4 Å². The highest BCUT2D eigenvalue weighted by Crippen LogP contribution is 2.46. The van der Waals surface area contributed by atoms with Crippen LogP contribution in [-0.4, -0.2) is 73.4 Å². The average Bonchev–Trinajstić information content (AvgIpc) is 2.98. The van der Waals surface area contributed by atoms with Crippen LogP contribution >= 0.6 is 0 Å². The van der Waals surface area contributed by atoms with Crippen LogP contribution in [0.5, 0.6) is 5.75 Å². The van der Waals surface area contributed by atoms with Gasteiger partial charge in [0.1, 0.15) is 5.75 Å². The van der Waals surface area contributed by atoms with Gasteiger partial charge in [-0.3, -0.25) is 14.4 Å². The van der Waals surface area contributed by atoms with Crippen LogP contribution in [0.2, 0.25) is 0 Å². The number of likely N-dealkylation sites (N-methyl/N-ethyl adjacent to an activating group) is 1. The molecule has 1 aliphatic carbocycles. The lowest BCUT2D eigenvalue weighted by atomic mass is 9.77. The van der Waals surface area contributed by atoms with Crippen LogP contribution < -0.4 is 15.4 Å². The second-order valence-corrected chi connectivity index (χ2v) is 10.4. The third-order valence-corrected chi connectivity index (χ3v) is 8.15. The van der Waals surface area contributed by atoms with Crippen LogP contribution in [-0.2, 0) is 9.59 Å². The predicted octanol–water partition coefficient (Wildman–Crippen LogP) is 3.88. The maximum atomic E-state index is 14.0. The van der Waals surface area contributed by atoms with E-state index in [2.05, 4.69) is 29.4 Å². The molecule has 39 heavy (non-hydrogen) atoms. The summed E-state index contributed by atoms with van der Waals surface area (Å²) < 4.78 is 5.37. The van der Waals surface area contributed by atoms with E-state index in [1.807, 2.05) is 53.4 Å². The monoisotopic (exact) mass is 534 g/mol. The Morgan fingerprint density at radius 3 is 2.33 bits per heavy atom. The van der Waals surface area contributed by atoms with Crippen molar-refractivity contribution in [1.82, 2.24) is 20.4 Å². The summed E-state index contributed by atoms with van der Waals surface area (Å²) in [4.78, 5) is 44.7. The summed E-state index contributed by atoms with van der Waals surface area (Å²) in [5.41, 5.74) is 2.15. The maximum Gasteiger partial charge on any atom is 0.254 e. The number of methoxy groups -OCH3 is 1. The molecule has 1 fully saturated rings. The number of nitrogens with one attached hydrogen (secondary N) is 2. The molecule has 0 spiro atoms. The van der Waals surface area contributed by atoms with E-state index in [1.54, 1.807) is 7.11 Å². The van der Waals surface area contributed by atoms with Gasteiger partial charge in [-0.25, -0.2) is 0 Å². The van der Waals surface area contributed by atoms with E-state index in [4.69, 9.17) is 4.74 Å². The topological polar surface area (TPSA) is 91.0 Å². The van der Waals surface area contributed by atoms with Crippen molar-refractivity contribution in [2.75, 3.05) is 39.8 Å². The first-order chi connectivity index (χ1) is 19.0. The van der Waals surface area contributed by atoms with Crippen LogP contribution in [0.4, 0.5) is 0 Å². The molecule has 210 valence electrons. The quantitative estimate of drug-likeness (QED) is 0.457. The average molecular weight is 535 g/mol. The van der Waals surface area contributed by atoms with Crippen LogP contribution in [0.3, 0.4) is 0 Å². The number of ether oxygens (including phenoxy) is 1. The summed E-state index contributed by atoms with van der Waals surface area (Å²) in [6, 6.07) is 14.6. The second kappa shape index (κ2) is 13.6. The number of fused-ring (bicyclic) bond motifs is 1. The minimum absolute atomic E-state index is 0.0310. The van der Waals surface area contributed by atoms with Gasteiger partial charge in [0.05, 0.1) is 25.6 Å². The molecule has 2 N–H and O–H groups in total. The molecular weight excluding hydrogens is 492 g/mol. The maximum absolute atomic E-state index is 14.0. The molecule has 0 radical (unpaired) electrons. The van der Waals surface area contributed by atoms with Crippen LogP contribution in [0.15, 0.2) is 48.5 Å². The summed E-state index contributed by atoms with van der Waals surface area (Å²) in [6.07, 6.45) is 5.13. The Bertz CT molecular complexity index is 1130. The van der Waals surface area contributed by atoms with Gasteiger partial charge in [-0.1, -0.05) is 63.4 Å². The molecule has 2 aliphatic rings. The molecule has 0 saturated heterocycles. The van der Waals surface area contributed by atoms with Gasteiger partial charge in [-0.05, 0) is 55.3 Å². The number of hydrogen-bond acceptors (Lipinski definition) is 5. The van der Waals surface area contributed by atoms with Crippen molar-refractivity contribution in [3.63, 3.8) is 0 Å². The Morgan fingerprint density at radius 1 is 0.974 bits per heavy atom. The van der Waals surface area contributed by atoms with E-state index < -0.39 is 12.0 Å². The van der Waals surface area contributed by atoms with Gasteiger partial charge in [0.15, 0.2) is 0 Å². The minimum Gasteiger partial charge on any atom is -0.497 e. The number of carbonyl (C=O) groups is 3. The number of amides is 3. The van der Waals surface area contributed by atoms with Crippen LogP contribution in [0, 0.1) is 0 Å². The molecule has 2 aromatic rings. The van der Waals surface area contributed by atoms with Gasteiger partial charge in [0, 0.05) is 24.7 Å². The smallest absolute Gasteiger partial charge is 0.254 e. The zero-order chi connectivity index (χ0) is 27.8. The fourth-order valence-electron chi connectivity index (χ4n) is 5.98. The summed E-state index contributed by atoms with van der Waals surface area (Å²) in [5.74, 6) is -0.432. The Hall–Kier alpha value is -3.39. The molecular formula is C31H42N4O4.